The number of methoxy groups -OCH3 is 2. The quantitative estimate of drug-likeness (QED) is 0.775. The smallest absolute Gasteiger partial charge is 0.315 e. The standard InChI is InChI=1S/C16H26N2O3/c1-5-13(6-2)18-16(19)17-10-9-12-7-8-14(20-3)15(11-12)21-4/h7-8,11,13H,5-6,9-10H2,1-4H3,(H2,17,18,19). The molecule has 0 aliphatic heterocycles. The number of urea groups is 1. The maximum absolute atomic E-state index is 11.7. The second-order valence-corrected chi connectivity index (χ2v) is 4.85. The van der Waals surface area contributed by atoms with Crippen molar-refractivity contribution >= 4 is 6.03 Å². The van der Waals surface area contributed by atoms with Crippen molar-refractivity contribution in [3.63, 3.8) is 0 Å². The molecule has 5 nitrogen and oxygen atoms in total. The van der Waals surface area contributed by atoms with E-state index in [1.165, 1.54) is 0 Å². The van der Waals surface area contributed by atoms with Crippen LogP contribution < -0.4 is 20.1 Å². The van der Waals surface area contributed by atoms with Gasteiger partial charge < -0.3 is 20.1 Å². The summed E-state index contributed by atoms with van der Waals surface area (Å²) in [5.74, 6) is 1.41. The molecule has 2 N–H and O–H groups in total. The molecule has 118 valence electrons. The van der Waals surface area contributed by atoms with Crippen molar-refractivity contribution in [2.45, 2.75) is 39.2 Å². The first-order chi connectivity index (χ1) is 10.1. The van der Waals surface area contributed by atoms with E-state index in [1.807, 2.05) is 18.2 Å². The Balaban J connectivity index is 2.43. The number of amides is 2. The number of hydrogen-bond donors (Lipinski definition) is 2. The van der Waals surface area contributed by atoms with E-state index >= 15 is 0 Å². The zero-order valence-electron chi connectivity index (χ0n) is 13.4. The summed E-state index contributed by atoms with van der Waals surface area (Å²) in [7, 11) is 3.23. The van der Waals surface area contributed by atoms with Gasteiger partial charge in [-0.2, -0.15) is 0 Å². The Kier molecular flexibility index (Phi) is 7.43. The molecule has 0 aliphatic rings. The van der Waals surface area contributed by atoms with Gasteiger partial charge in [-0.3, -0.25) is 0 Å². The van der Waals surface area contributed by atoms with Gasteiger partial charge in [0.2, 0.25) is 0 Å². The first-order valence-electron chi connectivity index (χ1n) is 7.39. The van der Waals surface area contributed by atoms with Crippen LogP contribution in [0.2, 0.25) is 0 Å². The highest BCUT2D eigenvalue weighted by atomic mass is 16.5. The zero-order valence-corrected chi connectivity index (χ0v) is 13.4. The maximum atomic E-state index is 11.7. The van der Waals surface area contributed by atoms with Gasteiger partial charge in [0.25, 0.3) is 0 Å². The lowest BCUT2D eigenvalue weighted by molar-refractivity contribution is 0.236. The van der Waals surface area contributed by atoms with Crippen molar-refractivity contribution in [1.29, 1.82) is 0 Å². The van der Waals surface area contributed by atoms with Gasteiger partial charge in [0.05, 0.1) is 14.2 Å². The van der Waals surface area contributed by atoms with Crippen molar-refractivity contribution in [2.24, 2.45) is 0 Å². The number of nitrogens with one attached hydrogen (secondary N) is 2. The van der Waals surface area contributed by atoms with Crippen molar-refractivity contribution in [3.8, 4) is 11.5 Å². The molecule has 2 amide bonds. The average molecular weight is 294 g/mol. The summed E-state index contributed by atoms with van der Waals surface area (Å²) in [4.78, 5) is 11.7. The topological polar surface area (TPSA) is 59.6 Å². The predicted octanol–water partition coefficient (Wildman–Crippen LogP) is 2.73. The molecule has 0 unspecified atom stereocenters. The Bertz CT molecular complexity index is 445. The molecular formula is C16H26N2O3. The average Bonchev–Trinajstić information content (AvgIpc) is 2.52. The molecule has 0 fully saturated rings. The zero-order chi connectivity index (χ0) is 15.7. The molecular weight excluding hydrogens is 268 g/mol. The molecule has 5 heteroatoms. The van der Waals surface area contributed by atoms with Gasteiger partial charge in [0, 0.05) is 12.6 Å². The van der Waals surface area contributed by atoms with E-state index in [-0.39, 0.29) is 12.1 Å². The minimum absolute atomic E-state index is 0.107. The Hall–Kier alpha value is -1.91. The molecule has 0 saturated carbocycles. The summed E-state index contributed by atoms with van der Waals surface area (Å²) >= 11 is 0. The third-order valence-electron chi connectivity index (χ3n) is 3.47. The molecule has 0 radical (unpaired) electrons. The number of ether oxygens (including phenoxy) is 2. The normalized spacial score (nSPS) is 10.3. The highest BCUT2D eigenvalue weighted by Crippen LogP contribution is 2.27. The van der Waals surface area contributed by atoms with E-state index in [1.54, 1.807) is 14.2 Å². The molecule has 0 aliphatic carbocycles. The van der Waals surface area contributed by atoms with Crippen molar-refractivity contribution < 1.29 is 14.3 Å². The number of carbonyl (C=O) groups excluding carboxylic acids is 1. The minimum Gasteiger partial charge on any atom is -0.493 e. The Morgan fingerprint density at radius 1 is 1.14 bits per heavy atom. The fourth-order valence-corrected chi connectivity index (χ4v) is 2.09. The van der Waals surface area contributed by atoms with E-state index in [0.29, 0.717) is 18.0 Å². The van der Waals surface area contributed by atoms with Crippen LogP contribution in [-0.4, -0.2) is 32.8 Å². The predicted molar refractivity (Wildman–Crippen MR) is 84.2 cm³/mol. The first-order valence-corrected chi connectivity index (χ1v) is 7.39. The van der Waals surface area contributed by atoms with Crippen LogP contribution in [0.15, 0.2) is 18.2 Å². The van der Waals surface area contributed by atoms with Crippen molar-refractivity contribution in [1.82, 2.24) is 10.6 Å². The van der Waals surface area contributed by atoms with Gasteiger partial charge in [-0.25, -0.2) is 4.79 Å². The van der Waals surface area contributed by atoms with E-state index in [2.05, 4.69) is 24.5 Å². The summed E-state index contributed by atoms with van der Waals surface area (Å²) in [6, 6.07) is 5.91. The van der Waals surface area contributed by atoms with E-state index in [4.69, 9.17) is 9.47 Å². The molecule has 0 heterocycles. The monoisotopic (exact) mass is 294 g/mol. The van der Waals surface area contributed by atoms with Crippen LogP contribution in [0, 0.1) is 0 Å². The lowest BCUT2D eigenvalue weighted by Crippen LogP contribution is -2.42. The molecule has 21 heavy (non-hydrogen) atoms. The largest absolute Gasteiger partial charge is 0.493 e. The third-order valence-corrected chi connectivity index (χ3v) is 3.47. The molecule has 0 saturated heterocycles. The van der Waals surface area contributed by atoms with Crippen LogP contribution in [0.5, 0.6) is 11.5 Å². The summed E-state index contributed by atoms with van der Waals surface area (Å²) in [5.41, 5.74) is 1.09. The van der Waals surface area contributed by atoms with Crippen LogP contribution in [0.3, 0.4) is 0 Å². The van der Waals surface area contributed by atoms with Crippen LogP contribution in [0.25, 0.3) is 0 Å². The van der Waals surface area contributed by atoms with Gasteiger partial charge in [-0.1, -0.05) is 19.9 Å². The maximum Gasteiger partial charge on any atom is 0.315 e. The van der Waals surface area contributed by atoms with Crippen LogP contribution in [-0.2, 0) is 6.42 Å². The molecule has 0 atom stereocenters. The summed E-state index contributed by atoms with van der Waals surface area (Å²) < 4.78 is 10.5. The number of benzene rings is 1. The number of rotatable bonds is 8. The number of carbonyl (C=O) groups is 1. The van der Waals surface area contributed by atoms with Gasteiger partial charge in [-0.05, 0) is 37.0 Å². The molecule has 1 rings (SSSR count). The van der Waals surface area contributed by atoms with Crippen LogP contribution in [0.1, 0.15) is 32.3 Å². The van der Waals surface area contributed by atoms with Crippen LogP contribution >= 0.6 is 0 Å². The van der Waals surface area contributed by atoms with Gasteiger partial charge in [0.15, 0.2) is 11.5 Å². The second kappa shape index (κ2) is 9.10. The summed E-state index contributed by atoms with van der Waals surface area (Å²) in [6.45, 7) is 4.72. The fraction of sp³-hybridized carbons (Fsp3) is 0.562. The Morgan fingerprint density at radius 2 is 1.81 bits per heavy atom. The molecule has 0 bridgehead atoms. The summed E-state index contributed by atoms with van der Waals surface area (Å²) in [5, 5.41) is 5.82. The minimum atomic E-state index is -0.107. The Morgan fingerprint density at radius 3 is 2.38 bits per heavy atom. The SMILES string of the molecule is CCC(CC)NC(=O)NCCc1ccc(OC)c(OC)c1. The Labute approximate surface area is 127 Å². The van der Waals surface area contributed by atoms with E-state index in [9.17, 15) is 4.79 Å². The molecule has 1 aromatic rings. The fourth-order valence-electron chi connectivity index (χ4n) is 2.09. The van der Waals surface area contributed by atoms with Gasteiger partial charge >= 0.3 is 6.03 Å². The molecule has 0 aromatic heterocycles. The molecule has 1 aromatic carbocycles. The van der Waals surface area contributed by atoms with E-state index in [0.717, 1.165) is 24.8 Å². The second-order valence-electron chi connectivity index (χ2n) is 4.85. The van der Waals surface area contributed by atoms with E-state index < -0.39 is 0 Å². The lowest BCUT2D eigenvalue weighted by Gasteiger charge is -2.15. The molecule has 0 spiro atoms. The lowest BCUT2D eigenvalue weighted by atomic mass is 10.1. The van der Waals surface area contributed by atoms with Gasteiger partial charge in [-0.15, -0.1) is 0 Å². The van der Waals surface area contributed by atoms with Crippen molar-refractivity contribution in [3.05, 3.63) is 23.8 Å². The van der Waals surface area contributed by atoms with Crippen molar-refractivity contribution in [2.75, 3.05) is 20.8 Å². The first kappa shape index (κ1) is 17.1. The highest BCUT2D eigenvalue weighted by molar-refractivity contribution is 5.74. The van der Waals surface area contributed by atoms with Crippen LogP contribution in [0.4, 0.5) is 4.79 Å². The summed E-state index contributed by atoms with van der Waals surface area (Å²) in [6.07, 6.45) is 2.63. The number of hydrogen-bond acceptors (Lipinski definition) is 3. The van der Waals surface area contributed by atoms with Gasteiger partial charge in [0.1, 0.15) is 0 Å². The highest BCUT2D eigenvalue weighted by Gasteiger charge is 2.08. The third kappa shape index (κ3) is 5.53.